The number of aliphatic carboxylic acids is 1. The number of rotatable bonds is 3. The van der Waals surface area contributed by atoms with Crippen molar-refractivity contribution in [1.82, 2.24) is 15.1 Å². The van der Waals surface area contributed by atoms with Gasteiger partial charge in [-0.25, -0.2) is 0 Å². The van der Waals surface area contributed by atoms with E-state index in [2.05, 4.69) is 10.2 Å². The van der Waals surface area contributed by atoms with E-state index in [4.69, 9.17) is 4.74 Å². The number of morpholine rings is 1. The fraction of sp³-hybridized carbons (Fsp3) is 0.800. The minimum atomic E-state index is -0.934. The number of hydrogen-bond acceptors (Lipinski definition) is 5. The number of likely N-dealkylation sites (tertiary alicyclic amines) is 1. The molecule has 128 valence electrons. The fourth-order valence-electron chi connectivity index (χ4n) is 3.80. The Kier molecular flexibility index (Phi) is 4.54. The van der Waals surface area contributed by atoms with E-state index in [0.29, 0.717) is 45.7 Å². The van der Waals surface area contributed by atoms with Crippen molar-refractivity contribution in [2.75, 3.05) is 45.9 Å². The lowest BCUT2D eigenvalue weighted by Crippen LogP contribution is -2.57. The van der Waals surface area contributed by atoms with Crippen molar-refractivity contribution in [3.8, 4) is 0 Å². The van der Waals surface area contributed by atoms with Crippen LogP contribution in [-0.4, -0.2) is 84.2 Å². The van der Waals surface area contributed by atoms with E-state index in [1.165, 1.54) is 0 Å². The minimum absolute atomic E-state index is 0.0387. The van der Waals surface area contributed by atoms with Gasteiger partial charge in [-0.05, 0) is 12.8 Å². The van der Waals surface area contributed by atoms with Gasteiger partial charge in [-0.3, -0.25) is 19.3 Å². The molecule has 3 fully saturated rings. The second-order valence-corrected chi connectivity index (χ2v) is 6.57. The van der Waals surface area contributed by atoms with Crippen molar-refractivity contribution in [2.24, 2.45) is 5.92 Å². The predicted molar refractivity (Wildman–Crippen MR) is 79.7 cm³/mol. The summed E-state index contributed by atoms with van der Waals surface area (Å²) in [5.74, 6) is -1.76. The van der Waals surface area contributed by atoms with E-state index in [-0.39, 0.29) is 18.2 Å². The summed E-state index contributed by atoms with van der Waals surface area (Å²) in [6.45, 7) is 4.21. The highest BCUT2D eigenvalue weighted by atomic mass is 16.5. The number of carbonyl (C=O) groups excluding carboxylic acids is 2. The van der Waals surface area contributed by atoms with Gasteiger partial charge in [-0.15, -0.1) is 0 Å². The quantitative estimate of drug-likeness (QED) is 0.683. The van der Waals surface area contributed by atoms with E-state index in [0.717, 1.165) is 13.1 Å². The molecule has 0 aromatic rings. The highest BCUT2D eigenvalue weighted by molar-refractivity contribution is 5.88. The normalized spacial score (nSPS) is 27.9. The highest BCUT2D eigenvalue weighted by Crippen LogP contribution is 2.36. The first-order valence-electron chi connectivity index (χ1n) is 8.12. The highest BCUT2D eigenvalue weighted by Gasteiger charge is 2.51. The van der Waals surface area contributed by atoms with Gasteiger partial charge in [0.2, 0.25) is 11.8 Å². The first-order chi connectivity index (χ1) is 11.0. The maximum Gasteiger partial charge on any atom is 0.309 e. The van der Waals surface area contributed by atoms with Crippen molar-refractivity contribution in [2.45, 2.75) is 24.8 Å². The van der Waals surface area contributed by atoms with Crippen LogP contribution in [0.25, 0.3) is 0 Å². The molecule has 3 aliphatic heterocycles. The zero-order chi connectivity index (χ0) is 16.4. The first-order valence-corrected chi connectivity index (χ1v) is 8.12. The number of amides is 2. The Balaban J connectivity index is 1.56. The number of carboxylic acid groups (broad SMARTS) is 1. The monoisotopic (exact) mass is 325 g/mol. The number of nitrogens with zero attached hydrogens (tertiary/aromatic N) is 2. The zero-order valence-corrected chi connectivity index (χ0v) is 13.1. The molecule has 1 spiro atoms. The molecule has 1 atom stereocenters. The van der Waals surface area contributed by atoms with Gasteiger partial charge in [0.25, 0.3) is 0 Å². The number of carbonyl (C=O) groups is 3. The molecule has 8 nitrogen and oxygen atoms in total. The molecule has 0 unspecified atom stereocenters. The molecule has 0 bridgehead atoms. The second kappa shape index (κ2) is 6.45. The average molecular weight is 325 g/mol. The third-order valence-electron chi connectivity index (χ3n) is 5.21. The Morgan fingerprint density at radius 3 is 2.48 bits per heavy atom. The van der Waals surface area contributed by atoms with E-state index < -0.39 is 17.4 Å². The van der Waals surface area contributed by atoms with E-state index in [1.807, 2.05) is 0 Å². The van der Waals surface area contributed by atoms with Crippen LogP contribution in [0.3, 0.4) is 0 Å². The molecule has 2 amide bonds. The fourth-order valence-corrected chi connectivity index (χ4v) is 3.80. The molecule has 0 saturated carbocycles. The third-order valence-corrected chi connectivity index (χ3v) is 5.21. The van der Waals surface area contributed by atoms with Crippen LogP contribution in [0.5, 0.6) is 0 Å². The molecular weight excluding hydrogens is 302 g/mol. The largest absolute Gasteiger partial charge is 0.481 e. The molecule has 3 rings (SSSR count). The first kappa shape index (κ1) is 16.2. The standard InChI is InChI=1S/C15H23N3O5/c19-12-9-11(14(21)22)15(16-12)1-3-18(4-2-15)13(20)10-17-5-7-23-8-6-17/h11H,1-10H2,(H,16,19)(H,21,22)/t11-/m1/s1. The molecule has 3 aliphatic rings. The molecule has 0 radical (unpaired) electrons. The van der Waals surface area contributed by atoms with Crippen molar-refractivity contribution in [3.05, 3.63) is 0 Å². The molecule has 0 aromatic heterocycles. The van der Waals surface area contributed by atoms with Gasteiger partial charge in [0.05, 0.1) is 31.2 Å². The summed E-state index contributed by atoms with van der Waals surface area (Å²) >= 11 is 0. The predicted octanol–water partition coefficient (Wildman–Crippen LogP) is -1.10. The maximum atomic E-state index is 12.4. The number of nitrogens with one attached hydrogen (secondary N) is 1. The Hall–Kier alpha value is -1.67. The lowest BCUT2D eigenvalue weighted by molar-refractivity contribution is -0.145. The van der Waals surface area contributed by atoms with E-state index in [1.54, 1.807) is 4.90 Å². The van der Waals surface area contributed by atoms with Crippen LogP contribution in [0.15, 0.2) is 0 Å². The molecule has 3 heterocycles. The summed E-state index contributed by atoms with van der Waals surface area (Å²) in [5.41, 5.74) is -0.682. The summed E-state index contributed by atoms with van der Waals surface area (Å²) in [4.78, 5) is 39.3. The van der Waals surface area contributed by atoms with Crippen molar-refractivity contribution in [1.29, 1.82) is 0 Å². The smallest absolute Gasteiger partial charge is 0.309 e. The minimum Gasteiger partial charge on any atom is -0.481 e. The number of carboxylic acids is 1. The Morgan fingerprint density at radius 1 is 1.22 bits per heavy atom. The number of hydrogen-bond donors (Lipinski definition) is 2. The summed E-state index contributed by atoms with van der Waals surface area (Å²) < 4.78 is 5.27. The topological polar surface area (TPSA) is 99.2 Å². The van der Waals surface area contributed by atoms with Crippen molar-refractivity contribution in [3.63, 3.8) is 0 Å². The van der Waals surface area contributed by atoms with Gasteiger partial charge in [-0.2, -0.15) is 0 Å². The van der Waals surface area contributed by atoms with Crippen LogP contribution in [0.2, 0.25) is 0 Å². The molecule has 2 N–H and O–H groups in total. The van der Waals surface area contributed by atoms with Crippen LogP contribution in [0.4, 0.5) is 0 Å². The van der Waals surface area contributed by atoms with Crippen LogP contribution in [0.1, 0.15) is 19.3 Å². The van der Waals surface area contributed by atoms with Crippen LogP contribution >= 0.6 is 0 Å². The van der Waals surface area contributed by atoms with Crippen LogP contribution < -0.4 is 5.32 Å². The van der Waals surface area contributed by atoms with E-state index >= 15 is 0 Å². The van der Waals surface area contributed by atoms with Crippen LogP contribution in [0, 0.1) is 5.92 Å². The Morgan fingerprint density at radius 2 is 1.87 bits per heavy atom. The van der Waals surface area contributed by atoms with Crippen LogP contribution in [-0.2, 0) is 19.1 Å². The van der Waals surface area contributed by atoms with Gasteiger partial charge < -0.3 is 20.1 Å². The Labute approximate surface area is 134 Å². The lowest BCUT2D eigenvalue weighted by atomic mass is 9.77. The zero-order valence-electron chi connectivity index (χ0n) is 13.1. The van der Waals surface area contributed by atoms with Gasteiger partial charge in [0.1, 0.15) is 0 Å². The summed E-state index contributed by atoms with van der Waals surface area (Å²) in [6.07, 6.45) is 1.05. The van der Waals surface area contributed by atoms with Crippen molar-refractivity contribution < 1.29 is 24.2 Å². The van der Waals surface area contributed by atoms with Gasteiger partial charge >= 0.3 is 5.97 Å². The molecular formula is C15H23N3O5. The SMILES string of the molecule is O=C1C[C@H](C(=O)O)C2(CCN(C(=O)CN3CCOCC3)CC2)N1. The van der Waals surface area contributed by atoms with E-state index in [9.17, 15) is 19.5 Å². The average Bonchev–Trinajstić information content (AvgIpc) is 2.85. The summed E-state index contributed by atoms with van der Waals surface area (Å²) in [7, 11) is 0. The van der Waals surface area contributed by atoms with Gasteiger partial charge in [0, 0.05) is 32.6 Å². The number of piperidine rings is 1. The lowest BCUT2D eigenvalue weighted by Gasteiger charge is -2.42. The molecule has 8 heteroatoms. The molecule has 23 heavy (non-hydrogen) atoms. The summed E-state index contributed by atoms with van der Waals surface area (Å²) in [6, 6.07) is 0. The molecule has 0 aromatic carbocycles. The third kappa shape index (κ3) is 3.32. The van der Waals surface area contributed by atoms with Gasteiger partial charge in [-0.1, -0.05) is 0 Å². The second-order valence-electron chi connectivity index (χ2n) is 6.57. The number of ether oxygens (including phenoxy) is 1. The molecule has 0 aliphatic carbocycles. The Bertz CT molecular complexity index is 495. The van der Waals surface area contributed by atoms with Gasteiger partial charge in [0.15, 0.2) is 0 Å². The maximum absolute atomic E-state index is 12.4. The molecule has 3 saturated heterocycles. The summed E-state index contributed by atoms with van der Waals surface area (Å²) in [5, 5.41) is 12.2. The van der Waals surface area contributed by atoms with Crippen molar-refractivity contribution >= 4 is 17.8 Å².